The molecule has 0 saturated heterocycles. The molecule has 2 aromatic rings. The molecule has 0 bridgehead atoms. The lowest BCUT2D eigenvalue weighted by Crippen LogP contribution is -2.37. The van der Waals surface area contributed by atoms with Crippen molar-refractivity contribution in [1.82, 2.24) is 10.3 Å². The molecule has 1 aromatic carbocycles. The lowest BCUT2D eigenvalue weighted by molar-refractivity contribution is 0.108. The van der Waals surface area contributed by atoms with Crippen LogP contribution in [0, 0.1) is 5.82 Å². The number of nitrogens with zero attached hydrogens (tertiary/aromatic N) is 1. The third kappa shape index (κ3) is 6.27. The number of anilines is 1. The minimum atomic E-state index is -0.950. The second-order valence-electron chi connectivity index (χ2n) is 5.05. The van der Waals surface area contributed by atoms with Gasteiger partial charge in [-0.2, -0.15) is 0 Å². The molecule has 2 rings (SSSR count). The highest BCUT2D eigenvalue weighted by Crippen LogP contribution is 2.20. The molecule has 0 fully saturated rings. The van der Waals surface area contributed by atoms with Gasteiger partial charge in [0.25, 0.3) is 0 Å². The van der Waals surface area contributed by atoms with E-state index >= 15 is 0 Å². The summed E-state index contributed by atoms with van der Waals surface area (Å²) in [5.41, 5.74) is 0.423. The van der Waals surface area contributed by atoms with E-state index in [2.05, 4.69) is 15.6 Å². The molecule has 1 heterocycles. The molecule has 0 saturated carbocycles. The van der Waals surface area contributed by atoms with E-state index in [1.54, 1.807) is 24.4 Å². The van der Waals surface area contributed by atoms with Crippen LogP contribution >= 0.6 is 0 Å². The SMILES string of the molecule is CCOc1ncccc1NC(=O)NCC(O)COc1cccc(F)c1. The Balaban J connectivity index is 1.76. The summed E-state index contributed by atoms with van der Waals surface area (Å²) >= 11 is 0. The number of carbonyl (C=O) groups excluding carboxylic acids is 1. The average molecular weight is 349 g/mol. The second-order valence-corrected chi connectivity index (χ2v) is 5.05. The Morgan fingerprint density at radius 1 is 1.32 bits per heavy atom. The number of aliphatic hydroxyl groups is 1. The first-order chi connectivity index (χ1) is 12.1. The molecule has 0 radical (unpaired) electrons. The van der Waals surface area contributed by atoms with Gasteiger partial charge in [0.05, 0.1) is 6.61 Å². The van der Waals surface area contributed by atoms with Crippen LogP contribution in [0.4, 0.5) is 14.9 Å². The van der Waals surface area contributed by atoms with Gasteiger partial charge in [-0.1, -0.05) is 6.07 Å². The van der Waals surface area contributed by atoms with Crippen molar-refractivity contribution in [2.75, 3.05) is 25.1 Å². The summed E-state index contributed by atoms with van der Waals surface area (Å²) in [5, 5.41) is 14.9. The number of amides is 2. The fourth-order valence-electron chi connectivity index (χ4n) is 1.92. The molecule has 25 heavy (non-hydrogen) atoms. The van der Waals surface area contributed by atoms with Gasteiger partial charge in [0.2, 0.25) is 5.88 Å². The number of urea groups is 1. The lowest BCUT2D eigenvalue weighted by Gasteiger charge is -2.14. The molecule has 1 aromatic heterocycles. The van der Waals surface area contributed by atoms with Crippen molar-refractivity contribution in [1.29, 1.82) is 0 Å². The zero-order chi connectivity index (χ0) is 18.1. The first kappa shape index (κ1) is 18.5. The summed E-state index contributed by atoms with van der Waals surface area (Å²) in [6.07, 6.45) is 0.607. The molecule has 0 aliphatic carbocycles. The first-order valence-corrected chi connectivity index (χ1v) is 7.77. The van der Waals surface area contributed by atoms with Gasteiger partial charge < -0.3 is 25.2 Å². The molecule has 3 N–H and O–H groups in total. The molecule has 1 atom stereocenters. The van der Waals surface area contributed by atoms with Gasteiger partial charge in [-0.05, 0) is 31.2 Å². The normalized spacial score (nSPS) is 11.5. The van der Waals surface area contributed by atoms with E-state index in [4.69, 9.17) is 9.47 Å². The van der Waals surface area contributed by atoms with E-state index < -0.39 is 18.0 Å². The highest BCUT2D eigenvalue weighted by molar-refractivity contribution is 5.90. The number of hydrogen-bond donors (Lipinski definition) is 3. The maximum Gasteiger partial charge on any atom is 0.319 e. The second kappa shape index (κ2) is 9.43. The summed E-state index contributed by atoms with van der Waals surface area (Å²) < 4.78 is 23.6. The molecule has 1 unspecified atom stereocenters. The Labute approximate surface area is 144 Å². The number of aliphatic hydroxyl groups excluding tert-OH is 1. The van der Waals surface area contributed by atoms with Crippen LogP contribution < -0.4 is 20.1 Å². The van der Waals surface area contributed by atoms with Crippen LogP contribution in [-0.2, 0) is 0 Å². The first-order valence-electron chi connectivity index (χ1n) is 7.77. The van der Waals surface area contributed by atoms with Gasteiger partial charge in [0.1, 0.15) is 30.0 Å². The number of halogens is 1. The number of pyridine rings is 1. The van der Waals surface area contributed by atoms with Crippen molar-refractivity contribution < 1.29 is 23.8 Å². The van der Waals surface area contributed by atoms with E-state index in [9.17, 15) is 14.3 Å². The van der Waals surface area contributed by atoms with Crippen molar-refractivity contribution in [3.63, 3.8) is 0 Å². The van der Waals surface area contributed by atoms with Crippen LogP contribution in [0.2, 0.25) is 0 Å². The molecule has 0 aliphatic rings. The van der Waals surface area contributed by atoms with Gasteiger partial charge in [0.15, 0.2) is 0 Å². The maximum absolute atomic E-state index is 13.0. The zero-order valence-electron chi connectivity index (χ0n) is 13.7. The molecular weight excluding hydrogens is 329 g/mol. The minimum absolute atomic E-state index is 0.0363. The van der Waals surface area contributed by atoms with Crippen LogP contribution in [0.5, 0.6) is 11.6 Å². The predicted octanol–water partition coefficient (Wildman–Crippen LogP) is 2.18. The van der Waals surface area contributed by atoms with E-state index in [1.165, 1.54) is 18.2 Å². The van der Waals surface area contributed by atoms with Crippen LogP contribution in [0.3, 0.4) is 0 Å². The minimum Gasteiger partial charge on any atom is -0.491 e. The summed E-state index contributed by atoms with van der Waals surface area (Å²) in [4.78, 5) is 15.9. The quantitative estimate of drug-likeness (QED) is 0.679. The highest BCUT2D eigenvalue weighted by atomic mass is 19.1. The van der Waals surface area contributed by atoms with Gasteiger partial charge in [0, 0.05) is 18.8 Å². The molecular formula is C17H20FN3O4. The predicted molar refractivity (Wildman–Crippen MR) is 90.3 cm³/mol. The number of rotatable bonds is 8. The lowest BCUT2D eigenvalue weighted by atomic mass is 10.3. The third-order valence-electron chi connectivity index (χ3n) is 3.04. The van der Waals surface area contributed by atoms with Crippen molar-refractivity contribution in [2.45, 2.75) is 13.0 Å². The Bertz CT molecular complexity index is 699. The molecule has 0 aliphatic heterocycles. The van der Waals surface area contributed by atoms with Crippen molar-refractivity contribution >= 4 is 11.7 Å². The number of aromatic nitrogens is 1. The largest absolute Gasteiger partial charge is 0.491 e. The van der Waals surface area contributed by atoms with Crippen molar-refractivity contribution in [2.24, 2.45) is 0 Å². The molecule has 2 amide bonds. The van der Waals surface area contributed by atoms with Gasteiger partial charge in [-0.25, -0.2) is 14.2 Å². The highest BCUT2D eigenvalue weighted by Gasteiger charge is 2.11. The summed E-state index contributed by atoms with van der Waals surface area (Å²) in [6, 6.07) is 8.40. The topological polar surface area (TPSA) is 92.7 Å². The third-order valence-corrected chi connectivity index (χ3v) is 3.04. The standard InChI is InChI=1S/C17H20FN3O4/c1-2-24-16-15(7-4-8-19-16)21-17(23)20-10-13(22)11-25-14-6-3-5-12(18)9-14/h3-9,13,22H,2,10-11H2,1H3,(H2,20,21,23). The number of nitrogens with one attached hydrogen (secondary N) is 2. The van der Waals surface area contributed by atoms with E-state index in [-0.39, 0.29) is 13.2 Å². The Morgan fingerprint density at radius 3 is 2.92 bits per heavy atom. The Kier molecular flexibility index (Phi) is 6.97. The van der Waals surface area contributed by atoms with Crippen LogP contribution in [-0.4, -0.2) is 42.0 Å². The Hall–Kier alpha value is -2.87. The fourth-order valence-corrected chi connectivity index (χ4v) is 1.92. The smallest absolute Gasteiger partial charge is 0.319 e. The molecule has 8 heteroatoms. The van der Waals surface area contributed by atoms with Crippen LogP contribution in [0.25, 0.3) is 0 Å². The van der Waals surface area contributed by atoms with Gasteiger partial charge in [-0.15, -0.1) is 0 Å². The summed E-state index contributed by atoms with van der Waals surface area (Å²) in [7, 11) is 0. The molecule has 7 nitrogen and oxygen atoms in total. The average Bonchev–Trinajstić information content (AvgIpc) is 2.60. The number of ether oxygens (including phenoxy) is 2. The van der Waals surface area contributed by atoms with E-state index in [1.807, 2.05) is 6.92 Å². The summed E-state index contributed by atoms with van der Waals surface area (Å²) in [6.45, 7) is 2.11. The van der Waals surface area contributed by atoms with Crippen molar-refractivity contribution in [3.8, 4) is 11.6 Å². The molecule has 0 spiro atoms. The van der Waals surface area contributed by atoms with Crippen LogP contribution in [0.15, 0.2) is 42.6 Å². The van der Waals surface area contributed by atoms with E-state index in [0.717, 1.165) is 0 Å². The Morgan fingerprint density at radius 2 is 2.16 bits per heavy atom. The van der Waals surface area contributed by atoms with Crippen molar-refractivity contribution in [3.05, 3.63) is 48.4 Å². The van der Waals surface area contributed by atoms with E-state index in [0.29, 0.717) is 23.9 Å². The zero-order valence-corrected chi connectivity index (χ0v) is 13.7. The molecule has 134 valence electrons. The number of hydrogen-bond acceptors (Lipinski definition) is 5. The summed E-state index contributed by atoms with van der Waals surface area (Å²) in [5.74, 6) is 0.196. The number of benzene rings is 1. The van der Waals surface area contributed by atoms with Gasteiger partial charge in [-0.3, -0.25) is 0 Å². The van der Waals surface area contributed by atoms with Gasteiger partial charge >= 0.3 is 6.03 Å². The monoisotopic (exact) mass is 349 g/mol. The fraction of sp³-hybridized carbons (Fsp3) is 0.294. The van der Waals surface area contributed by atoms with Crippen LogP contribution in [0.1, 0.15) is 6.92 Å². The number of carbonyl (C=O) groups is 1. The maximum atomic E-state index is 13.0.